The van der Waals surface area contributed by atoms with Crippen LogP contribution in [0, 0.1) is 6.92 Å². The molecular weight excluding hydrogens is 274 g/mol. The zero-order valence-corrected chi connectivity index (χ0v) is 13.0. The summed E-state index contributed by atoms with van der Waals surface area (Å²) in [5.74, 6) is -0.105. The summed E-state index contributed by atoms with van der Waals surface area (Å²) < 4.78 is 5.39. The number of hydrogen-bond donors (Lipinski definition) is 1. The Hall–Kier alpha value is -1.32. The molecule has 0 fully saturated rings. The number of ether oxygens (including phenoxy) is 1. The third-order valence-electron chi connectivity index (χ3n) is 2.69. The van der Waals surface area contributed by atoms with E-state index in [1.807, 2.05) is 39.0 Å². The lowest BCUT2D eigenvalue weighted by atomic mass is 10.1. The molecular formula is C16H22ClNO2. The monoisotopic (exact) mass is 295 g/mol. The first-order chi connectivity index (χ1) is 9.49. The number of amides is 1. The fourth-order valence-corrected chi connectivity index (χ4v) is 1.74. The molecule has 1 aromatic rings. The molecule has 0 aliphatic rings. The molecule has 1 amide bonds. The van der Waals surface area contributed by atoms with Gasteiger partial charge in [-0.2, -0.15) is 0 Å². The van der Waals surface area contributed by atoms with Gasteiger partial charge in [-0.25, -0.2) is 0 Å². The van der Waals surface area contributed by atoms with Gasteiger partial charge in [0.15, 0.2) is 0 Å². The highest BCUT2D eigenvalue weighted by Gasteiger charge is 1.98. The van der Waals surface area contributed by atoms with Crippen molar-refractivity contribution in [3.63, 3.8) is 0 Å². The number of hydrogen-bond acceptors (Lipinski definition) is 2. The van der Waals surface area contributed by atoms with Crippen molar-refractivity contribution < 1.29 is 9.53 Å². The standard InChI is InChI=1S/C16H22ClNO2/c1-12(2)20-10-4-9-18-16(19)8-7-14-6-5-13(3)15(17)11-14/h5-8,11-12H,4,9-10H2,1-3H3,(H,18,19)/b8-7+. The summed E-state index contributed by atoms with van der Waals surface area (Å²) in [5.41, 5.74) is 1.94. The average Bonchev–Trinajstić information content (AvgIpc) is 2.39. The van der Waals surface area contributed by atoms with Gasteiger partial charge in [0.05, 0.1) is 6.10 Å². The minimum Gasteiger partial charge on any atom is -0.379 e. The van der Waals surface area contributed by atoms with Crippen LogP contribution in [0.15, 0.2) is 24.3 Å². The zero-order valence-electron chi connectivity index (χ0n) is 12.3. The van der Waals surface area contributed by atoms with Gasteiger partial charge in [-0.15, -0.1) is 0 Å². The summed E-state index contributed by atoms with van der Waals surface area (Å²) >= 11 is 6.02. The number of aryl methyl sites for hydroxylation is 1. The molecule has 1 rings (SSSR count). The van der Waals surface area contributed by atoms with Crippen molar-refractivity contribution in [1.82, 2.24) is 5.32 Å². The summed E-state index contributed by atoms with van der Waals surface area (Å²) in [6.45, 7) is 7.21. The molecule has 1 N–H and O–H groups in total. The molecule has 0 saturated heterocycles. The van der Waals surface area contributed by atoms with Gasteiger partial charge in [0.2, 0.25) is 5.91 Å². The van der Waals surface area contributed by atoms with Crippen LogP contribution in [-0.2, 0) is 9.53 Å². The van der Waals surface area contributed by atoms with Gasteiger partial charge < -0.3 is 10.1 Å². The lowest BCUT2D eigenvalue weighted by Crippen LogP contribution is -2.23. The lowest BCUT2D eigenvalue weighted by molar-refractivity contribution is -0.116. The van der Waals surface area contributed by atoms with E-state index in [1.54, 1.807) is 6.08 Å². The molecule has 110 valence electrons. The molecule has 0 aromatic heterocycles. The van der Waals surface area contributed by atoms with E-state index < -0.39 is 0 Å². The first-order valence-corrected chi connectivity index (χ1v) is 7.20. The van der Waals surface area contributed by atoms with Crippen LogP contribution < -0.4 is 5.32 Å². The highest BCUT2D eigenvalue weighted by Crippen LogP contribution is 2.17. The van der Waals surface area contributed by atoms with E-state index in [1.165, 1.54) is 6.08 Å². The zero-order chi connectivity index (χ0) is 15.0. The second-order valence-corrected chi connectivity index (χ2v) is 5.31. The number of nitrogens with one attached hydrogen (secondary N) is 1. The van der Waals surface area contributed by atoms with Gasteiger partial charge in [-0.1, -0.05) is 23.7 Å². The molecule has 0 radical (unpaired) electrons. The molecule has 0 bridgehead atoms. The van der Waals surface area contributed by atoms with Crippen LogP contribution in [-0.4, -0.2) is 25.2 Å². The quantitative estimate of drug-likeness (QED) is 0.616. The Morgan fingerprint density at radius 2 is 2.20 bits per heavy atom. The van der Waals surface area contributed by atoms with Crippen LogP contribution in [0.4, 0.5) is 0 Å². The van der Waals surface area contributed by atoms with Gasteiger partial charge in [-0.3, -0.25) is 4.79 Å². The molecule has 0 aliphatic heterocycles. The van der Waals surface area contributed by atoms with Gasteiger partial charge in [0.25, 0.3) is 0 Å². The smallest absolute Gasteiger partial charge is 0.244 e. The highest BCUT2D eigenvalue weighted by molar-refractivity contribution is 6.31. The Kier molecular flexibility index (Phi) is 7.34. The molecule has 3 nitrogen and oxygen atoms in total. The van der Waals surface area contributed by atoms with Crippen LogP contribution in [0.1, 0.15) is 31.4 Å². The normalized spacial score (nSPS) is 11.2. The Labute approximate surface area is 126 Å². The largest absolute Gasteiger partial charge is 0.379 e. The maximum atomic E-state index is 11.6. The molecule has 20 heavy (non-hydrogen) atoms. The van der Waals surface area contributed by atoms with Gasteiger partial charge in [0.1, 0.15) is 0 Å². The third-order valence-corrected chi connectivity index (χ3v) is 3.10. The first kappa shape index (κ1) is 16.7. The second kappa shape index (κ2) is 8.77. The molecule has 0 aliphatic carbocycles. The molecule has 0 unspecified atom stereocenters. The van der Waals surface area contributed by atoms with E-state index in [-0.39, 0.29) is 12.0 Å². The van der Waals surface area contributed by atoms with Gasteiger partial charge in [0, 0.05) is 24.3 Å². The first-order valence-electron chi connectivity index (χ1n) is 6.82. The maximum Gasteiger partial charge on any atom is 0.244 e. The number of rotatable bonds is 7. The summed E-state index contributed by atoms with van der Waals surface area (Å²) in [4.78, 5) is 11.6. The summed E-state index contributed by atoms with van der Waals surface area (Å²) in [5, 5.41) is 3.52. The molecule has 4 heteroatoms. The summed E-state index contributed by atoms with van der Waals surface area (Å²) in [6, 6.07) is 5.71. The van der Waals surface area contributed by atoms with Crippen molar-refractivity contribution in [2.45, 2.75) is 33.3 Å². The van der Waals surface area contributed by atoms with Crippen molar-refractivity contribution in [2.75, 3.05) is 13.2 Å². The fraction of sp³-hybridized carbons (Fsp3) is 0.438. The van der Waals surface area contributed by atoms with Gasteiger partial charge in [-0.05, 0) is 50.5 Å². The lowest BCUT2D eigenvalue weighted by Gasteiger charge is -2.07. The minimum absolute atomic E-state index is 0.105. The van der Waals surface area contributed by atoms with E-state index >= 15 is 0 Å². The predicted molar refractivity (Wildman–Crippen MR) is 83.9 cm³/mol. The predicted octanol–water partition coefficient (Wildman–Crippen LogP) is 3.59. The number of carbonyl (C=O) groups excluding carboxylic acids is 1. The SMILES string of the molecule is Cc1ccc(/C=C/C(=O)NCCCOC(C)C)cc1Cl. The Balaban J connectivity index is 2.31. The molecule has 0 spiro atoms. The Bertz CT molecular complexity index is 470. The van der Waals surface area contributed by atoms with Crippen molar-refractivity contribution in [3.05, 3.63) is 40.4 Å². The average molecular weight is 296 g/mol. The van der Waals surface area contributed by atoms with E-state index in [2.05, 4.69) is 5.32 Å². The van der Waals surface area contributed by atoms with Crippen LogP contribution in [0.3, 0.4) is 0 Å². The van der Waals surface area contributed by atoms with E-state index in [4.69, 9.17) is 16.3 Å². The Morgan fingerprint density at radius 3 is 2.85 bits per heavy atom. The molecule has 0 atom stereocenters. The fourth-order valence-electron chi connectivity index (χ4n) is 1.55. The van der Waals surface area contributed by atoms with E-state index in [9.17, 15) is 4.79 Å². The van der Waals surface area contributed by atoms with Crippen LogP contribution in [0.2, 0.25) is 5.02 Å². The van der Waals surface area contributed by atoms with Crippen LogP contribution >= 0.6 is 11.6 Å². The summed E-state index contributed by atoms with van der Waals surface area (Å²) in [7, 11) is 0. The number of halogens is 1. The Morgan fingerprint density at radius 1 is 1.45 bits per heavy atom. The van der Waals surface area contributed by atoms with Crippen molar-refractivity contribution in [1.29, 1.82) is 0 Å². The van der Waals surface area contributed by atoms with Crippen molar-refractivity contribution in [2.24, 2.45) is 0 Å². The van der Waals surface area contributed by atoms with Crippen molar-refractivity contribution >= 4 is 23.6 Å². The second-order valence-electron chi connectivity index (χ2n) is 4.91. The topological polar surface area (TPSA) is 38.3 Å². The molecule has 0 heterocycles. The number of carbonyl (C=O) groups is 1. The van der Waals surface area contributed by atoms with Crippen LogP contribution in [0.5, 0.6) is 0 Å². The number of benzene rings is 1. The van der Waals surface area contributed by atoms with Crippen LogP contribution in [0.25, 0.3) is 6.08 Å². The maximum absolute atomic E-state index is 11.6. The van der Waals surface area contributed by atoms with E-state index in [0.717, 1.165) is 17.5 Å². The molecule has 0 saturated carbocycles. The van der Waals surface area contributed by atoms with Crippen molar-refractivity contribution in [3.8, 4) is 0 Å². The van der Waals surface area contributed by atoms with Gasteiger partial charge >= 0.3 is 0 Å². The molecule has 1 aromatic carbocycles. The summed E-state index contributed by atoms with van der Waals surface area (Å²) in [6.07, 6.45) is 4.32. The highest BCUT2D eigenvalue weighted by atomic mass is 35.5. The van der Waals surface area contributed by atoms with E-state index in [0.29, 0.717) is 18.2 Å². The third kappa shape index (κ3) is 6.73. The minimum atomic E-state index is -0.105.